The van der Waals surface area contributed by atoms with Gasteiger partial charge in [0.25, 0.3) is 11.8 Å². The number of rotatable bonds is 18. The van der Waals surface area contributed by atoms with E-state index in [-0.39, 0.29) is 80.9 Å². The predicted molar refractivity (Wildman–Crippen MR) is 375 cm³/mol. The number of carbonyl (C=O) groups excluding carboxylic acids is 2. The van der Waals surface area contributed by atoms with E-state index in [4.69, 9.17) is 30.5 Å². The Bertz CT molecular complexity index is 5220. The summed E-state index contributed by atoms with van der Waals surface area (Å²) in [6.07, 6.45) is 12.6. The number of nitrogens with one attached hydrogen (secondary N) is 3. The highest BCUT2D eigenvalue weighted by atomic mass is 35.5. The topological polar surface area (TPSA) is 282 Å². The first-order valence-corrected chi connectivity index (χ1v) is 34.2. The molecule has 98 heavy (non-hydrogen) atoms. The lowest BCUT2D eigenvalue weighted by molar-refractivity contribution is 0.0956. The summed E-state index contributed by atoms with van der Waals surface area (Å²) in [5.41, 5.74) is 8.75. The third kappa shape index (κ3) is 15.2. The minimum absolute atomic E-state index is 0.0159. The Kier molecular flexibility index (Phi) is 21.4. The third-order valence-electron chi connectivity index (χ3n) is 16.0. The number of carbonyl (C=O) groups is 2. The van der Waals surface area contributed by atoms with Crippen LogP contribution in [0.1, 0.15) is 61.5 Å². The SMILES string of the molecule is CNC(=O)c1c(-c2ccc(F)cc2)oc2cc(N(C)S(C)(=O)=O)c(-c3ccc(/C=C/CCO)c(C4=Cc5c(F)cccc5C4)n3)cc12.CNC(=O)c1c(-c2ccc(F)cc2)oc2cc(N(C)S(C)(=O)=O)c(B(O)O)cc12.OCC/C=C/c1ccc(Cl)nc1-c1cc2c(F)cccc2[nH]1. The Labute approximate surface area is 565 Å². The molecule has 0 unspecified atom stereocenters. The Balaban J connectivity index is 0.000000174. The van der Waals surface area contributed by atoms with E-state index in [1.165, 1.54) is 101 Å². The molecule has 5 heterocycles. The molecule has 1 aliphatic rings. The van der Waals surface area contributed by atoms with E-state index >= 15 is 0 Å². The molecule has 2 amide bonds. The van der Waals surface area contributed by atoms with Crippen molar-refractivity contribution in [2.24, 2.45) is 0 Å². The predicted octanol–water partition coefficient (Wildman–Crippen LogP) is 11.8. The molecule has 0 atom stereocenters. The number of anilines is 2. The number of furan rings is 2. The summed E-state index contributed by atoms with van der Waals surface area (Å²) < 4.78 is 119. The zero-order chi connectivity index (χ0) is 70.5. The minimum Gasteiger partial charge on any atom is -0.455 e. The molecule has 19 nitrogen and oxygen atoms in total. The summed E-state index contributed by atoms with van der Waals surface area (Å²) in [7, 11) is -3.91. The first kappa shape index (κ1) is 70.6. The maximum atomic E-state index is 14.7. The summed E-state index contributed by atoms with van der Waals surface area (Å²) in [5.74, 6) is -2.17. The van der Waals surface area contributed by atoms with Gasteiger partial charge in [0.15, 0.2) is 0 Å². The van der Waals surface area contributed by atoms with E-state index < -0.39 is 50.6 Å². The van der Waals surface area contributed by atoms with Crippen LogP contribution in [0.4, 0.5) is 28.9 Å². The van der Waals surface area contributed by atoms with Gasteiger partial charge >= 0.3 is 7.12 Å². The number of hydrogen-bond donors (Lipinski definition) is 7. The highest BCUT2D eigenvalue weighted by Crippen LogP contribution is 2.43. The van der Waals surface area contributed by atoms with Crippen LogP contribution in [0.15, 0.2) is 161 Å². The first-order chi connectivity index (χ1) is 46.7. The molecule has 27 heteroatoms. The van der Waals surface area contributed by atoms with E-state index in [9.17, 15) is 59.1 Å². The van der Waals surface area contributed by atoms with Crippen LogP contribution in [-0.4, -0.2) is 125 Å². The third-order valence-corrected chi connectivity index (χ3v) is 18.6. The van der Waals surface area contributed by atoms with Crippen LogP contribution in [0.25, 0.3) is 102 Å². The van der Waals surface area contributed by atoms with Crippen molar-refractivity contribution < 1.29 is 73.1 Å². The average molecular weight is 1390 g/mol. The second kappa shape index (κ2) is 29.7. The molecule has 0 spiro atoms. The van der Waals surface area contributed by atoms with Gasteiger partial charge in [0, 0.05) is 120 Å². The number of benzene rings is 6. The maximum absolute atomic E-state index is 14.7. The number of pyridine rings is 2. The summed E-state index contributed by atoms with van der Waals surface area (Å²) >= 11 is 5.99. The van der Waals surface area contributed by atoms with Gasteiger partial charge < -0.3 is 44.7 Å². The smallest absolute Gasteiger partial charge is 0.455 e. The highest BCUT2D eigenvalue weighted by molar-refractivity contribution is 7.92. The maximum Gasteiger partial charge on any atom is 0.490 e. The number of sulfonamides is 2. The number of fused-ring (bicyclic) bond motifs is 4. The number of amides is 2. The van der Waals surface area contributed by atoms with Gasteiger partial charge in [-0.2, -0.15) is 0 Å². The van der Waals surface area contributed by atoms with Crippen molar-refractivity contribution in [1.82, 2.24) is 25.6 Å². The molecular formula is C71H63BClF4N7O12S2. The molecule has 12 rings (SSSR count). The van der Waals surface area contributed by atoms with Crippen molar-refractivity contribution >= 4 is 124 Å². The summed E-state index contributed by atoms with van der Waals surface area (Å²) in [5, 5.41) is 44.4. The molecule has 0 saturated carbocycles. The van der Waals surface area contributed by atoms with Crippen LogP contribution in [0.2, 0.25) is 5.15 Å². The van der Waals surface area contributed by atoms with Gasteiger partial charge in [-0.3, -0.25) is 18.2 Å². The Morgan fingerprint density at radius 3 is 1.69 bits per heavy atom. The Hall–Kier alpha value is -10.2. The zero-order valence-electron chi connectivity index (χ0n) is 53.3. The van der Waals surface area contributed by atoms with Crippen LogP contribution < -0.4 is 24.7 Å². The standard InChI is InChI=1S/C36H31F2N3O5S.C18H18BFN2O6S.C17H14ClFN2O/c1-39-36(43)33-28-19-27(31(41(2)47(3,44)45)20-32(28)46-35(33)22-10-13-25(37)14-11-22)30-15-12-21(7-4-5-16-42)34(40-30)24-17-23-8-6-9-29(38)26(23)18-24;1-21-18(23)16-12-8-13(19(24)25)14(22(2)29(3,26)27)9-15(12)28-17(16)10-4-6-11(20)7-5-10;18-16-8-7-11(4-1-2-9-22)17(21-16)15-10-12-13(19)5-3-6-14(12)20-15/h4,6-15,18-20,42H,5,16-17H2,1-3H3,(H,39,43);4-9,24-25H,1-3H3,(H,21,23);1,3-8,10,20,22H,2,9H2/b7-4+;;4-1+. The van der Waals surface area contributed by atoms with Gasteiger partial charge in [-0.1, -0.05) is 60.2 Å². The molecule has 7 N–H and O–H groups in total. The molecule has 0 aliphatic heterocycles. The Morgan fingerprint density at radius 2 is 1.16 bits per heavy atom. The van der Waals surface area contributed by atoms with Crippen LogP contribution >= 0.6 is 11.6 Å². The monoisotopic (exact) mass is 1390 g/mol. The number of aliphatic hydroxyl groups is 2. The molecule has 504 valence electrons. The number of nitrogens with zero attached hydrogens (tertiary/aromatic N) is 4. The molecule has 0 fully saturated rings. The quantitative estimate of drug-likeness (QED) is 0.0239. The molecule has 5 aromatic heterocycles. The van der Waals surface area contributed by atoms with Crippen LogP contribution in [-0.2, 0) is 26.5 Å². The number of aromatic amines is 1. The van der Waals surface area contributed by atoms with Crippen molar-refractivity contribution in [1.29, 1.82) is 0 Å². The number of aromatic nitrogens is 3. The van der Waals surface area contributed by atoms with E-state index in [0.29, 0.717) is 85.7 Å². The molecule has 0 bridgehead atoms. The van der Waals surface area contributed by atoms with Crippen molar-refractivity contribution in [2.45, 2.75) is 19.3 Å². The summed E-state index contributed by atoms with van der Waals surface area (Å²) in [6, 6.07) is 35.3. The van der Waals surface area contributed by atoms with Crippen LogP contribution in [0.5, 0.6) is 0 Å². The summed E-state index contributed by atoms with van der Waals surface area (Å²) in [6.45, 7) is 0.0562. The Morgan fingerprint density at radius 1 is 0.643 bits per heavy atom. The molecule has 6 aromatic carbocycles. The van der Waals surface area contributed by atoms with Gasteiger partial charge in [0.1, 0.15) is 51.1 Å². The highest BCUT2D eigenvalue weighted by Gasteiger charge is 2.31. The lowest BCUT2D eigenvalue weighted by Crippen LogP contribution is -2.37. The van der Waals surface area contributed by atoms with Gasteiger partial charge in [-0.05, 0) is 133 Å². The largest absolute Gasteiger partial charge is 0.490 e. The van der Waals surface area contributed by atoms with E-state index in [1.807, 2.05) is 48.6 Å². The second-order valence-corrected chi connectivity index (χ2v) is 26.9. The first-order valence-electron chi connectivity index (χ1n) is 30.1. The number of halogens is 5. The lowest BCUT2D eigenvalue weighted by Gasteiger charge is -2.21. The van der Waals surface area contributed by atoms with Crippen LogP contribution in [0, 0.1) is 23.3 Å². The van der Waals surface area contributed by atoms with Crippen molar-refractivity contribution in [3.05, 3.63) is 219 Å². The van der Waals surface area contributed by atoms with Gasteiger partial charge in [0.05, 0.1) is 57.8 Å². The fourth-order valence-corrected chi connectivity index (χ4v) is 12.2. The van der Waals surface area contributed by atoms with Crippen molar-refractivity contribution in [3.8, 4) is 45.3 Å². The van der Waals surface area contributed by atoms with Crippen LogP contribution in [0.3, 0.4) is 0 Å². The number of aliphatic hydroxyl groups excluding tert-OH is 2. The van der Waals surface area contributed by atoms with Crippen molar-refractivity contribution in [2.75, 3.05) is 62.5 Å². The molecule has 1 aliphatic carbocycles. The van der Waals surface area contributed by atoms with E-state index in [2.05, 4.69) is 20.6 Å². The fourth-order valence-electron chi connectivity index (χ4n) is 11.0. The van der Waals surface area contributed by atoms with E-state index in [1.54, 1.807) is 48.5 Å². The average Bonchev–Trinajstić information content (AvgIpc) is 1.56. The molecule has 0 saturated heterocycles. The molecule has 0 radical (unpaired) electrons. The summed E-state index contributed by atoms with van der Waals surface area (Å²) in [4.78, 5) is 38.3. The zero-order valence-corrected chi connectivity index (χ0v) is 55.7. The van der Waals surface area contributed by atoms with Crippen molar-refractivity contribution in [3.63, 3.8) is 0 Å². The number of H-pyrrole nitrogens is 1. The fraction of sp³-hybridized carbons (Fsp3) is 0.155. The lowest BCUT2D eigenvalue weighted by atomic mass is 9.78. The minimum atomic E-state index is -3.77. The number of hydrogen-bond acceptors (Lipinski definition) is 14. The van der Waals surface area contributed by atoms with Gasteiger partial charge in [-0.15, -0.1) is 0 Å². The van der Waals surface area contributed by atoms with E-state index in [0.717, 1.165) is 43.4 Å². The molecular weight excluding hydrogens is 1330 g/mol. The van der Waals surface area contributed by atoms with Gasteiger partial charge in [0.2, 0.25) is 20.0 Å². The second-order valence-electron chi connectivity index (χ2n) is 22.5. The molecule has 11 aromatic rings. The van der Waals surface area contributed by atoms with Gasteiger partial charge in [-0.25, -0.2) is 44.4 Å². The number of allylic oxidation sites excluding steroid dienone is 1. The normalized spacial score (nSPS) is 12.2.